The molecule has 9 nitrogen and oxygen atoms in total. The number of aliphatic hydroxyl groups is 1. The summed E-state index contributed by atoms with van der Waals surface area (Å²) in [6.07, 6.45) is 8.12. The lowest BCUT2D eigenvalue weighted by atomic mass is 9.91. The van der Waals surface area contributed by atoms with Crippen LogP contribution in [0.4, 0.5) is 10.1 Å². The Balaban J connectivity index is 1.02. The molecule has 42 heavy (non-hydrogen) atoms. The number of benzene rings is 2. The summed E-state index contributed by atoms with van der Waals surface area (Å²) < 4.78 is 16.5. The van der Waals surface area contributed by atoms with Crippen LogP contribution in [0.25, 0.3) is 16.7 Å². The van der Waals surface area contributed by atoms with Gasteiger partial charge in [-0.25, -0.2) is 14.1 Å². The molecule has 0 amide bonds. The molecule has 7 rings (SSSR count). The van der Waals surface area contributed by atoms with Gasteiger partial charge in [-0.2, -0.15) is 5.10 Å². The number of piperazine rings is 1. The van der Waals surface area contributed by atoms with Crippen LogP contribution in [-0.2, 0) is 13.1 Å². The fourth-order valence-electron chi connectivity index (χ4n) is 6.90. The monoisotopic (exact) mass is 571 g/mol. The Bertz CT molecular complexity index is 1590. The second kappa shape index (κ2) is 11.2. The van der Waals surface area contributed by atoms with Crippen LogP contribution in [0.3, 0.4) is 0 Å². The number of nitrogens with zero attached hydrogens (tertiary/aromatic N) is 7. The van der Waals surface area contributed by atoms with Crippen LogP contribution in [0.15, 0.2) is 65.8 Å². The number of halogens is 1. The SMILES string of the molecule is O=c1c2cnn(-c3ccc(N4CCN5CCCC[C@@H]5C4)cc3)c2ncn1CC1(O)CCN(Cc2ccc(F)cc2)CC1. The summed E-state index contributed by atoms with van der Waals surface area (Å²) in [7, 11) is 0. The number of anilines is 1. The van der Waals surface area contributed by atoms with Crippen molar-refractivity contribution in [3.63, 3.8) is 0 Å². The van der Waals surface area contributed by atoms with Crippen molar-refractivity contribution in [2.24, 2.45) is 0 Å². The van der Waals surface area contributed by atoms with Gasteiger partial charge in [0.1, 0.15) is 17.5 Å². The van der Waals surface area contributed by atoms with Crippen molar-refractivity contribution in [1.29, 1.82) is 0 Å². The Morgan fingerprint density at radius 1 is 0.929 bits per heavy atom. The number of likely N-dealkylation sites (tertiary alicyclic amines) is 1. The molecule has 3 fully saturated rings. The van der Waals surface area contributed by atoms with Crippen molar-refractivity contribution in [3.05, 3.63) is 82.8 Å². The van der Waals surface area contributed by atoms with Crippen LogP contribution in [-0.4, -0.2) is 85.1 Å². The molecule has 3 aliphatic rings. The average molecular weight is 572 g/mol. The summed E-state index contributed by atoms with van der Waals surface area (Å²) >= 11 is 0. The minimum atomic E-state index is -0.993. The molecule has 3 saturated heterocycles. The zero-order valence-electron chi connectivity index (χ0n) is 23.9. The molecule has 4 aromatic rings. The summed E-state index contributed by atoms with van der Waals surface area (Å²) in [5.41, 5.74) is 2.44. The fraction of sp³-hybridized carbons (Fsp3) is 0.469. The highest BCUT2D eigenvalue weighted by Crippen LogP contribution is 2.27. The number of rotatable bonds is 6. The maximum atomic E-state index is 13.4. The van der Waals surface area contributed by atoms with Crippen molar-refractivity contribution in [1.82, 2.24) is 29.1 Å². The number of aromatic nitrogens is 4. The lowest BCUT2D eigenvalue weighted by Crippen LogP contribution is -2.54. The first-order valence-corrected chi connectivity index (χ1v) is 15.2. The van der Waals surface area contributed by atoms with Gasteiger partial charge in [0, 0.05) is 51.0 Å². The van der Waals surface area contributed by atoms with Gasteiger partial charge in [-0.3, -0.25) is 19.2 Å². The van der Waals surface area contributed by atoms with E-state index in [2.05, 4.69) is 36.9 Å². The average Bonchev–Trinajstić information content (AvgIpc) is 3.46. The highest BCUT2D eigenvalue weighted by molar-refractivity contribution is 5.75. The topological polar surface area (TPSA) is 82.7 Å². The highest BCUT2D eigenvalue weighted by Gasteiger charge is 2.33. The van der Waals surface area contributed by atoms with E-state index < -0.39 is 5.60 Å². The highest BCUT2D eigenvalue weighted by atomic mass is 19.1. The largest absolute Gasteiger partial charge is 0.388 e. The zero-order valence-corrected chi connectivity index (χ0v) is 23.9. The number of fused-ring (bicyclic) bond motifs is 2. The van der Waals surface area contributed by atoms with E-state index in [1.165, 1.54) is 54.5 Å². The molecule has 0 spiro atoms. The van der Waals surface area contributed by atoms with Crippen LogP contribution >= 0.6 is 0 Å². The van der Waals surface area contributed by atoms with E-state index in [1.807, 2.05) is 12.1 Å². The Kier molecular flexibility index (Phi) is 7.29. The van der Waals surface area contributed by atoms with Gasteiger partial charge in [-0.05, 0) is 74.2 Å². The van der Waals surface area contributed by atoms with E-state index in [0.29, 0.717) is 49.6 Å². The molecule has 1 N–H and O–H groups in total. The molecule has 0 radical (unpaired) electrons. The van der Waals surface area contributed by atoms with Gasteiger partial charge in [0.2, 0.25) is 0 Å². The van der Waals surface area contributed by atoms with Crippen molar-refractivity contribution in [3.8, 4) is 5.69 Å². The van der Waals surface area contributed by atoms with E-state index in [0.717, 1.165) is 30.9 Å². The molecule has 0 saturated carbocycles. The second-order valence-corrected chi connectivity index (χ2v) is 12.2. The maximum absolute atomic E-state index is 13.4. The summed E-state index contributed by atoms with van der Waals surface area (Å²) in [4.78, 5) is 25.4. The molecule has 2 aromatic heterocycles. The maximum Gasteiger partial charge on any atom is 0.264 e. The molecule has 220 valence electrons. The van der Waals surface area contributed by atoms with Crippen molar-refractivity contribution in [2.75, 3.05) is 44.2 Å². The van der Waals surface area contributed by atoms with Crippen LogP contribution < -0.4 is 10.5 Å². The zero-order chi connectivity index (χ0) is 28.7. The van der Waals surface area contributed by atoms with Gasteiger partial charge >= 0.3 is 0 Å². The molecular weight excluding hydrogens is 533 g/mol. The minimum Gasteiger partial charge on any atom is -0.388 e. The van der Waals surface area contributed by atoms with Crippen molar-refractivity contribution >= 4 is 16.7 Å². The Labute approximate surface area is 244 Å². The predicted octanol–water partition coefficient (Wildman–Crippen LogP) is 3.42. The van der Waals surface area contributed by atoms with Gasteiger partial charge in [0.15, 0.2) is 5.65 Å². The van der Waals surface area contributed by atoms with Gasteiger partial charge in [0.25, 0.3) is 5.56 Å². The van der Waals surface area contributed by atoms with Crippen LogP contribution in [0.1, 0.15) is 37.7 Å². The predicted molar refractivity (Wildman–Crippen MR) is 160 cm³/mol. The molecule has 0 unspecified atom stereocenters. The molecule has 0 aliphatic carbocycles. The normalized spacial score (nSPS) is 21.5. The quantitative estimate of drug-likeness (QED) is 0.380. The van der Waals surface area contributed by atoms with E-state index in [1.54, 1.807) is 23.0 Å². The molecule has 3 aliphatic heterocycles. The van der Waals surface area contributed by atoms with E-state index >= 15 is 0 Å². The van der Waals surface area contributed by atoms with E-state index in [9.17, 15) is 14.3 Å². The first kappa shape index (κ1) is 27.2. The molecule has 2 aromatic carbocycles. The first-order chi connectivity index (χ1) is 20.4. The standard InChI is InChI=1S/C32H38FN7O2/c33-25-6-4-24(5-7-25)20-36-15-12-32(42,13-16-36)22-39-23-34-30-29(31(39)41)19-35-40(30)27-10-8-26(9-11-27)38-18-17-37-14-2-1-3-28(37)21-38/h4-11,19,23,28,42H,1-3,12-18,20-22H2/t28-/m1/s1. The minimum absolute atomic E-state index is 0.188. The van der Waals surface area contributed by atoms with Crippen LogP contribution in [0.2, 0.25) is 0 Å². The third-order valence-electron chi connectivity index (χ3n) is 9.42. The van der Waals surface area contributed by atoms with Gasteiger partial charge in [-0.15, -0.1) is 0 Å². The van der Waals surface area contributed by atoms with Gasteiger partial charge in [0.05, 0.1) is 24.0 Å². The third-order valence-corrected chi connectivity index (χ3v) is 9.42. The lowest BCUT2D eigenvalue weighted by molar-refractivity contribution is -0.0364. The number of hydrogen-bond donors (Lipinski definition) is 1. The van der Waals surface area contributed by atoms with Crippen LogP contribution in [0.5, 0.6) is 0 Å². The summed E-state index contributed by atoms with van der Waals surface area (Å²) in [6.45, 7) is 6.76. The smallest absolute Gasteiger partial charge is 0.264 e. The summed E-state index contributed by atoms with van der Waals surface area (Å²) in [6, 6.07) is 15.6. The number of hydrogen-bond acceptors (Lipinski definition) is 7. The molecule has 10 heteroatoms. The van der Waals surface area contributed by atoms with E-state index in [-0.39, 0.29) is 17.9 Å². The Morgan fingerprint density at radius 2 is 1.69 bits per heavy atom. The van der Waals surface area contributed by atoms with Crippen LogP contribution in [0, 0.1) is 5.82 Å². The third kappa shape index (κ3) is 5.46. The lowest BCUT2D eigenvalue weighted by Gasteiger charge is -2.45. The fourth-order valence-corrected chi connectivity index (χ4v) is 6.90. The summed E-state index contributed by atoms with van der Waals surface area (Å²) in [5, 5.41) is 16.3. The van der Waals surface area contributed by atoms with Crippen molar-refractivity contribution < 1.29 is 9.50 Å². The van der Waals surface area contributed by atoms with Crippen molar-refractivity contribution in [2.45, 2.75) is 56.8 Å². The first-order valence-electron chi connectivity index (χ1n) is 15.2. The molecule has 5 heterocycles. The molecule has 1 atom stereocenters. The second-order valence-electron chi connectivity index (χ2n) is 12.2. The summed E-state index contributed by atoms with van der Waals surface area (Å²) in [5.74, 6) is -0.241. The van der Waals surface area contributed by atoms with E-state index in [4.69, 9.17) is 0 Å². The van der Waals surface area contributed by atoms with Gasteiger partial charge in [-0.1, -0.05) is 18.6 Å². The molecular formula is C32H38FN7O2. The Hall–Kier alpha value is -3.60. The Morgan fingerprint density at radius 3 is 2.48 bits per heavy atom. The molecule has 0 bridgehead atoms. The number of piperidine rings is 2. The van der Waals surface area contributed by atoms with Gasteiger partial charge < -0.3 is 10.0 Å².